The molecule has 0 heterocycles. The lowest BCUT2D eigenvalue weighted by Crippen LogP contribution is -2.34. The summed E-state index contributed by atoms with van der Waals surface area (Å²) >= 11 is 0. The van der Waals surface area contributed by atoms with Crippen molar-refractivity contribution in [3.05, 3.63) is 47.5 Å². The topological polar surface area (TPSA) is 60.8 Å². The Bertz CT molecular complexity index is 496. The minimum Gasteiger partial charge on any atom is -0.368 e. The third kappa shape index (κ3) is 6.46. The Labute approximate surface area is 145 Å². The molecule has 1 rings (SSSR count). The van der Waals surface area contributed by atoms with Crippen LogP contribution < -0.4 is 0 Å². The molecule has 1 aromatic rings. The Balaban J connectivity index is 2.72. The maximum absolute atomic E-state index is 11.5. The number of allylic oxidation sites excluding steroid dienone is 1. The van der Waals surface area contributed by atoms with Gasteiger partial charge in [0.15, 0.2) is 6.29 Å². The van der Waals surface area contributed by atoms with Crippen molar-refractivity contribution in [1.82, 2.24) is 4.90 Å². The normalized spacial score (nSPS) is 14.1. The fraction of sp³-hybridized carbons (Fsp3) is 0.550. The van der Waals surface area contributed by atoms with E-state index in [0.29, 0.717) is 6.42 Å². The van der Waals surface area contributed by atoms with E-state index in [0.717, 1.165) is 37.7 Å². The lowest BCUT2D eigenvalue weighted by Gasteiger charge is -2.32. The molecule has 2 N–H and O–H groups in total. The number of carbonyl (C=O) groups is 1. The molecule has 0 aromatic heterocycles. The zero-order chi connectivity index (χ0) is 17.9. The number of hydrogen-bond acceptors (Lipinski definition) is 3. The zero-order valence-electron chi connectivity index (χ0n) is 15.1. The Morgan fingerprint density at radius 1 is 1.17 bits per heavy atom. The smallest absolute Gasteiger partial charge is 0.210 e. The molecule has 24 heavy (non-hydrogen) atoms. The highest BCUT2D eigenvalue weighted by Gasteiger charge is 2.20. The first-order chi connectivity index (χ1) is 11.5. The molecule has 134 valence electrons. The van der Waals surface area contributed by atoms with Crippen LogP contribution in [0.4, 0.5) is 0 Å². The summed E-state index contributed by atoms with van der Waals surface area (Å²) < 4.78 is 0. The highest BCUT2D eigenvalue weighted by Crippen LogP contribution is 2.26. The third-order valence-corrected chi connectivity index (χ3v) is 4.35. The van der Waals surface area contributed by atoms with Gasteiger partial charge in [0.1, 0.15) is 0 Å². The van der Waals surface area contributed by atoms with Crippen molar-refractivity contribution in [1.29, 1.82) is 0 Å². The van der Waals surface area contributed by atoms with Gasteiger partial charge in [-0.1, -0.05) is 43.3 Å². The van der Waals surface area contributed by atoms with Crippen LogP contribution in [0.15, 0.2) is 36.4 Å². The summed E-state index contributed by atoms with van der Waals surface area (Å²) in [6, 6.07) is 8.56. The lowest BCUT2D eigenvalue weighted by atomic mass is 9.98. The van der Waals surface area contributed by atoms with Gasteiger partial charge in [-0.05, 0) is 57.1 Å². The highest BCUT2D eigenvalue weighted by molar-refractivity contribution is 5.50. The van der Waals surface area contributed by atoms with Crippen molar-refractivity contribution in [3.8, 4) is 0 Å². The molecule has 0 radical (unpaired) electrons. The molecule has 0 fully saturated rings. The van der Waals surface area contributed by atoms with E-state index in [-0.39, 0.29) is 12.1 Å². The monoisotopic (exact) mass is 333 g/mol. The van der Waals surface area contributed by atoms with Crippen LogP contribution in [0.2, 0.25) is 0 Å². The molecule has 2 atom stereocenters. The first-order valence-electron chi connectivity index (χ1n) is 8.84. The number of benzene rings is 1. The van der Waals surface area contributed by atoms with E-state index < -0.39 is 6.29 Å². The molecule has 0 saturated carbocycles. The SMILES string of the molecule is C/C=C\C(C)N(C=O)C(CC)c1ccc(CCCCC(O)O)cc1. The number of amides is 1. The average Bonchev–Trinajstić information content (AvgIpc) is 2.57. The number of unbranched alkanes of at least 4 members (excludes halogenated alkanes) is 1. The maximum Gasteiger partial charge on any atom is 0.210 e. The molecule has 0 bridgehead atoms. The summed E-state index contributed by atoms with van der Waals surface area (Å²) in [6.45, 7) is 6.09. The van der Waals surface area contributed by atoms with Gasteiger partial charge in [0, 0.05) is 6.04 Å². The molecule has 1 amide bonds. The molecule has 0 aliphatic heterocycles. The van der Waals surface area contributed by atoms with Crippen molar-refractivity contribution in [2.24, 2.45) is 0 Å². The van der Waals surface area contributed by atoms with E-state index in [1.54, 1.807) is 0 Å². The van der Waals surface area contributed by atoms with Gasteiger partial charge in [0.05, 0.1) is 6.04 Å². The van der Waals surface area contributed by atoms with Gasteiger partial charge in [-0.15, -0.1) is 0 Å². The zero-order valence-corrected chi connectivity index (χ0v) is 15.1. The maximum atomic E-state index is 11.5. The number of aliphatic hydroxyl groups excluding tert-OH is 1. The molecule has 0 aliphatic carbocycles. The number of aryl methyl sites for hydroxylation is 1. The lowest BCUT2D eigenvalue weighted by molar-refractivity contribution is -0.121. The predicted molar refractivity (Wildman–Crippen MR) is 97.4 cm³/mol. The van der Waals surface area contributed by atoms with Crippen molar-refractivity contribution >= 4 is 6.41 Å². The number of hydrogen-bond donors (Lipinski definition) is 2. The molecule has 1 aromatic carbocycles. The molecule has 4 nitrogen and oxygen atoms in total. The van der Waals surface area contributed by atoms with Crippen LogP contribution >= 0.6 is 0 Å². The van der Waals surface area contributed by atoms with Crippen LogP contribution in [0.5, 0.6) is 0 Å². The Morgan fingerprint density at radius 2 is 1.83 bits per heavy atom. The fourth-order valence-corrected chi connectivity index (χ4v) is 3.01. The van der Waals surface area contributed by atoms with Crippen molar-refractivity contribution < 1.29 is 15.0 Å². The summed E-state index contributed by atoms with van der Waals surface area (Å²) in [6.07, 6.45) is 7.70. The quantitative estimate of drug-likeness (QED) is 0.282. The predicted octanol–water partition coefficient (Wildman–Crippen LogP) is 3.58. The standard InChI is InChI=1S/C20H31NO3/c1-4-8-16(3)21(15-22)19(5-2)18-13-11-17(12-14-18)9-6-7-10-20(23)24/h4,8,11-16,19-20,23-24H,5-7,9-10H2,1-3H3/b8-4-. The van der Waals surface area contributed by atoms with E-state index in [2.05, 4.69) is 31.2 Å². The van der Waals surface area contributed by atoms with E-state index in [1.165, 1.54) is 5.56 Å². The molecule has 2 unspecified atom stereocenters. The van der Waals surface area contributed by atoms with E-state index in [1.807, 2.05) is 30.9 Å². The van der Waals surface area contributed by atoms with Gasteiger partial charge >= 0.3 is 0 Å². The summed E-state index contributed by atoms with van der Waals surface area (Å²) in [4.78, 5) is 13.4. The average molecular weight is 333 g/mol. The fourth-order valence-electron chi connectivity index (χ4n) is 3.01. The van der Waals surface area contributed by atoms with Crippen molar-refractivity contribution in [3.63, 3.8) is 0 Å². The molecule has 4 heteroatoms. The van der Waals surface area contributed by atoms with Gasteiger partial charge in [0.2, 0.25) is 6.41 Å². The molecular weight excluding hydrogens is 302 g/mol. The second-order valence-corrected chi connectivity index (χ2v) is 6.21. The van der Waals surface area contributed by atoms with Gasteiger partial charge in [0.25, 0.3) is 0 Å². The van der Waals surface area contributed by atoms with Crippen LogP contribution in [0, 0.1) is 0 Å². The second-order valence-electron chi connectivity index (χ2n) is 6.21. The van der Waals surface area contributed by atoms with Gasteiger partial charge in [-0.25, -0.2) is 0 Å². The van der Waals surface area contributed by atoms with Gasteiger partial charge in [-0.3, -0.25) is 4.79 Å². The van der Waals surface area contributed by atoms with E-state index in [9.17, 15) is 4.79 Å². The van der Waals surface area contributed by atoms with Gasteiger partial charge < -0.3 is 15.1 Å². The van der Waals surface area contributed by atoms with Crippen LogP contribution in [0.25, 0.3) is 0 Å². The summed E-state index contributed by atoms with van der Waals surface area (Å²) in [5, 5.41) is 17.7. The Morgan fingerprint density at radius 3 is 2.33 bits per heavy atom. The summed E-state index contributed by atoms with van der Waals surface area (Å²) in [7, 11) is 0. The molecule has 0 saturated heterocycles. The molecule has 0 spiro atoms. The van der Waals surface area contributed by atoms with Crippen LogP contribution in [0.1, 0.15) is 63.6 Å². The van der Waals surface area contributed by atoms with Gasteiger partial charge in [-0.2, -0.15) is 0 Å². The number of rotatable bonds is 11. The van der Waals surface area contributed by atoms with Crippen LogP contribution in [-0.4, -0.2) is 33.9 Å². The highest BCUT2D eigenvalue weighted by atomic mass is 16.5. The number of nitrogens with zero attached hydrogens (tertiary/aromatic N) is 1. The summed E-state index contributed by atoms with van der Waals surface area (Å²) in [5.41, 5.74) is 2.38. The minimum atomic E-state index is -1.20. The van der Waals surface area contributed by atoms with Crippen LogP contribution in [0.3, 0.4) is 0 Å². The largest absolute Gasteiger partial charge is 0.368 e. The van der Waals surface area contributed by atoms with E-state index in [4.69, 9.17) is 10.2 Å². The van der Waals surface area contributed by atoms with Crippen molar-refractivity contribution in [2.45, 2.75) is 71.2 Å². The van der Waals surface area contributed by atoms with E-state index >= 15 is 0 Å². The second kappa shape index (κ2) is 11.0. The minimum absolute atomic E-state index is 0.0713. The summed E-state index contributed by atoms with van der Waals surface area (Å²) in [5.74, 6) is 0. The number of aliphatic hydroxyl groups is 2. The number of carbonyl (C=O) groups excluding carboxylic acids is 1. The third-order valence-electron chi connectivity index (χ3n) is 4.35. The van der Waals surface area contributed by atoms with Crippen LogP contribution in [-0.2, 0) is 11.2 Å². The first kappa shape index (κ1) is 20.4. The Hall–Kier alpha value is -1.65. The van der Waals surface area contributed by atoms with Crippen molar-refractivity contribution in [2.75, 3.05) is 0 Å². The Kier molecular flexibility index (Phi) is 9.35. The molecule has 0 aliphatic rings. The first-order valence-corrected chi connectivity index (χ1v) is 8.84. The molecular formula is C20H31NO3.